The lowest BCUT2D eigenvalue weighted by Crippen LogP contribution is -2.22. The molecule has 0 atom stereocenters. The Morgan fingerprint density at radius 1 is 0.761 bits per heavy atom. The molecule has 0 aliphatic carbocycles. The SMILES string of the molecule is CC(=O)CCCOCCOCCNc1nc(Nc2ccc(O)cc2)nc(Nc2ccc(C(=O)NCc3cc(F)cc(F)c3)cc2)n1. The quantitative estimate of drug-likeness (QED) is 0.0732. The maximum atomic E-state index is 13.4. The number of nitrogens with one attached hydrogen (secondary N) is 4. The molecule has 0 unspecified atom stereocenters. The molecular weight excluding hydrogens is 600 g/mol. The van der Waals surface area contributed by atoms with Gasteiger partial charge in [-0.1, -0.05) is 0 Å². The standard InChI is InChI=1S/C32H35F2N7O5/c1-21(42)3-2-13-45-15-16-46-14-12-35-30-39-31(41-32(40-30)38-27-8-10-28(43)11-9-27)37-26-6-4-23(5-7-26)29(44)36-20-22-17-24(33)19-25(34)18-22/h4-11,17-19,43H,2-3,12-16,20H2,1H3,(H,36,44)(H3,35,37,38,39,40,41). The zero-order valence-corrected chi connectivity index (χ0v) is 25.2. The van der Waals surface area contributed by atoms with Gasteiger partial charge in [0.15, 0.2) is 0 Å². The lowest BCUT2D eigenvalue weighted by Gasteiger charge is -2.12. The van der Waals surface area contributed by atoms with Gasteiger partial charge < -0.3 is 40.6 Å². The zero-order chi connectivity index (χ0) is 32.7. The summed E-state index contributed by atoms with van der Waals surface area (Å²) in [4.78, 5) is 36.8. The van der Waals surface area contributed by atoms with Crippen LogP contribution >= 0.6 is 0 Å². The largest absolute Gasteiger partial charge is 0.508 e. The van der Waals surface area contributed by atoms with E-state index >= 15 is 0 Å². The summed E-state index contributed by atoms with van der Waals surface area (Å²) in [5.74, 6) is -0.872. The van der Waals surface area contributed by atoms with Gasteiger partial charge in [-0.3, -0.25) is 4.79 Å². The van der Waals surface area contributed by atoms with Crippen molar-refractivity contribution in [1.29, 1.82) is 0 Å². The molecule has 46 heavy (non-hydrogen) atoms. The second-order valence-electron chi connectivity index (χ2n) is 10.1. The van der Waals surface area contributed by atoms with Crippen LogP contribution in [-0.4, -0.2) is 64.7 Å². The number of nitrogens with zero attached hydrogens (tertiary/aromatic N) is 3. The molecule has 0 aliphatic rings. The van der Waals surface area contributed by atoms with E-state index in [1.807, 2.05) is 0 Å². The minimum Gasteiger partial charge on any atom is -0.508 e. The van der Waals surface area contributed by atoms with Crippen LogP contribution in [0.4, 0.5) is 38.0 Å². The van der Waals surface area contributed by atoms with Crippen LogP contribution in [0.3, 0.4) is 0 Å². The number of phenols is 1. The highest BCUT2D eigenvalue weighted by molar-refractivity contribution is 5.94. The highest BCUT2D eigenvalue weighted by atomic mass is 19.1. The fourth-order valence-electron chi connectivity index (χ4n) is 4.05. The van der Waals surface area contributed by atoms with Crippen molar-refractivity contribution in [2.75, 3.05) is 48.9 Å². The number of hydrogen-bond acceptors (Lipinski definition) is 11. The van der Waals surface area contributed by atoms with Crippen molar-refractivity contribution in [3.05, 3.63) is 89.5 Å². The first-order valence-corrected chi connectivity index (χ1v) is 14.5. The second-order valence-corrected chi connectivity index (χ2v) is 10.1. The Morgan fingerprint density at radius 2 is 1.33 bits per heavy atom. The lowest BCUT2D eigenvalue weighted by molar-refractivity contribution is -0.117. The first-order chi connectivity index (χ1) is 22.2. The molecule has 0 radical (unpaired) electrons. The van der Waals surface area contributed by atoms with Crippen LogP contribution in [0.25, 0.3) is 0 Å². The number of aromatic nitrogens is 3. The molecule has 0 fully saturated rings. The fourth-order valence-corrected chi connectivity index (χ4v) is 4.05. The number of phenolic OH excluding ortho intramolecular Hbond substituents is 1. The van der Waals surface area contributed by atoms with E-state index in [0.717, 1.165) is 18.2 Å². The molecule has 0 spiro atoms. The van der Waals surface area contributed by atoms with E-state index in [4.69, 9.17) is 9.47 Å². The summed E-state index contributed by atoms with van der Waals surface area (Å²) < 4.78 is 37.9. The molecule has 0 saturated heterocycles. The molecule has 12 nitrogen and oxygen atoms in total. The van der Waals surface area contributed by atoms with Gasteiger partial charge in [-0.05, 0) is 79.6 Å². The third kappa shape index (κ3) is 11.7. The summed E-state index contributed by atoms with van der Waals surface area (Å²) in [6.07, 6.45) is 1.19. The summed E-state index contributed by atoms with van der Waals surface area (Å²) in [6.45, 7) is 3.62. The Balaban J connectivity index is 1.33. The van der Waals surface area contributed by atoms with E-state index < -0.39 is 17.5 Å². The number of anilines is 5. The van der Waals surface area contributed by atoms with E-state index in [1.165, 1.54) is 12.1 Å². The Morgan fingerprint density at radius 3 is 1.93 bits per heavy atom. The third-order valence-corrected chi connectivity index (χ3v) is 6.26. The minimum absolute atomic E-state index is 0.0357. The maximum Gasteiger partial charge on any atom is 0.251 e. The normalized spacial score (nSPS) is 10.8. The molecule has 4 aromatic rings. The average Bonchev–Trinajstić information content (AvgIpc) is 3.01. The first-order valence-electron chi connectivity index (χ1n) is 14.5. The monoisotopic (exact) mass is 635 g/mol. The van der Waals surface area contributed by atoms with Gasteiger partial charge in [0.1, 0.15) is 23.2 Å². The Labute approximate surface area is 264 Å². The van der Waals surface area contributed by atoms with Gasteiger partial charge in [0.25, 0.3) is 5.91 Å². The summed E-state index contributed by atoms with van der Waals surface area (Å²) >= 11 is 0. The van der Waals surface area contributed by atoms with E-state index in [2.05, 4.69) is 36.2 Å². The topological polar surface area (TPSA) is 160 Å². The van der Waals surface area contributed by atoms with Crippen LogP contribution < -0.4 is 21.3 Å². The molecule has 5 N–H and O–H groups in total. The molecule has 1 heterocycles. The van der Waals surface area contributed by atoms with E-state index in [1.54, 1.807) is 43.3 Å². The number of ketones is 1. The number of carbonyl (C=O) groups excluding carboxylic acids is 2. The van der Waals surface area contributed by atoms with E-state index in [9.17, 15) is 23.5 Å². The van der Waals surface area contributed by atoms with Crippen molar-refractivity contribution in [2.45, 2.75) is 26.3 Å². The van der Waals surface area contributed by atoms with Crippen molar-refractivity contribution < 1.29 is 33.0 Å². The number of amides is 1. The van der Waals surface area contributed by atoms with Crippen molar-refractivity contribution in [3.63, 3.8) is 0 Å². The molecule has 3 aromatic carbocycles. The van der Waals surface area contributed by atoms with Gasteiger partial charge >= 0.3 is 0 Å². The van der Waals surface area contributed by atoms with Crippen LogP contribution in [0.2, 0.25) is 0 Å². The summed E-state index contributed by atoms with van der Waals surface area (Å²) in [7, 11) is 0. The number of hydrogen-bond donors (Lipinski definition) is 5. The minimum atomic E-state index is -0.717. The molecular formula is C32H35F2N7O5. The predicted octanol–water partition coefficient (Wildman–Crippen LogP) is 5.09. The summed E-state index contributed by atoms with van der Waals surface area (Å²) in [5, 5.41) is 21.5. The number of benzene rings is 3. The highest BCUT2D eigenvalue weighted by Gasteiger charge is 2.10. The molecule has 242 valence electrons. The Kier molecular flexibility index (Phi) is 12.7. The van der Waals surface area contributed by atoms with E-state index in [-0.39, 0.29) is 35.9 Å². The number of halogens is 2. The predicted molar refractivity (Wildman–Crippen MR) is 169 cm³/mol. The lowest BCUT2D eigenvalue weighted by atomic mass is 10.1. The number of ether oxygens (including phenoxy) is 2. The van der Waals surface area contributed by atoms with Gasteiger partial charge in [-0.15, -0.1) is 0 Å². The number of Topliss-reactive ketones (excluding diaryl/α,β-unsaturated/α-hetero) is 1. The van der Waals surface area contributed by atoms with Gasteiger partial charge in [-0.25, -0.2) is 8.78 Å². The fraction of sp³-hybridized carbons (Fsp3) is 0.281. The van der Waals surface area contributed by atoms with Crippen molar-refractivity contribution in [2.24, 2.45) is 0 Å². The highest BCUT2D eigenvalue weighted by Crippen LogP contribution is 2.21. The average molecular weight is 636 g/mol. The first kappa shape index (κ1) is 33.7. The van der Waals surface area contributed by atoms with Crippen molar-refractivity contribution in [3.8, 4) is 5.75 Å². The molecule has 0 bridgehead atoms. The Bertz CT molecular complexity index is 1570. The van der Waals surface area contributed by atoms with E-state index in [0.29, 0.717) is 68.3 Å². The Hall–Kier alpha value is -5.21. The van der Waals surface area contributed by atoms with Crippen LogP contribution in [0.15, 0.2) is 66.7 Å². The molecule has 0 saturated carbocycles. The molecule has 14 heteroatoms. The third-order valence-electron chi connectivity index (χ3n) is 6.26. The van der Waals surface area contributed by atoms with Gasteiger partial charge in [0.05, 0.1) is 19.8 Å². The molecule has 1 amide bonds. The van der Waals surface area contributed by atoms with Gasteiger partial charge in [0.2, 0.25) is 17.8 Å². The number of carbonyl (C=O) groups is 2. The smallest absolute Gasteiger partial charge is 0.251 e. The van der Waals surface area contributed by atoms with Crippen molar-refractivity contribution in [1.82, 2.24) is 20.3 Å². The maximum absolute atomic E-state index is 13.4. The number of aromatic hydroxyl groups is 1. The molecule has 1 aromatic heterocycles. The zero-order valence-electron chi connectivity index (χ0n) is 25.2. The second kappa shape index (κ2) is 17.3. The number of rotatable bonds is 18. The summed E-state index contributed by atoms with van der Waals surface area (Å²) in [6, 6.07) is 16.0. The summed E-state index contributed by atoms with van der Waals surface area (Å²) in [5.41, 5.74) is 1.88. The molecule has 0 aliphatic heterocycles. The van der Waals surface area contributed by atoms with Crippen LogP contribution in [0, 0.1) is 11.6 Å². The van der Waals surface area contributed by atoms with Crippen LogP contribution in [0.1, 0.15) is 35.7 Å². The molecule has 4 rings (SSSR count). The van der Waals surface area contributed by atoms with Gasteiger partial charge in [0, 0.05) is 49.1 Å². The van der Waals surface area contributed by atoms with Crippen LogP contribution in [-0.2, 0) is 20.8 Å². The van der Waals surface area contributed by atoms with Crippen molar-refractivity contribution >= 4 is 40.9 Å². The van der Waals surface area contributed by atoms with Crippen LogP contribution in [0.5, 0.6) is 5.75 Å². The van der Waals surface area contributed by atoms with Gasteiger partial charge in [-0.2, -0.15) is 15.0 Å².